The largest absolute Gasteiger partial charge is 0.495 e. The van der Waals surface area contributed by atoms with Crippen LogP contribution in [0.2, 0.25) is 0 Å². The lowest BCUT2D eigenvalue weighted by Gasteiger charge is -2.35. The van der Waals surface area contributed by atoms with Crippen LogP contribution in [-0.4, -0.2) is 53.6 Å². The Labute approximate surface area is 265 Å². The number of carbonyl (C=O) groups is 2. The van der Waals surface area contributed by atoms with Crippen molar-refractivity contribution in [3.63, 3.8) is 0 Å². The number of hydrogen-bond donors (Lipinski definition) is 1. The van der Waals surface area contributed by atoms with Crippen LogP contribution < -0.4 is 15.0 Å². The van der Waals surface area contributed by atoms with E-state index >= 15 is 0 Å². The van der Waals surface area contributed by atoms with Crippen LogP contribution >= 0.6 is 0 Å². The van der Waals surface area contributed by atoms with Crippen LogP contribution in [0.1, 0.15) is 88.3 Å². The molecule has 2 fully saturated rings. The number of benzene rings is 1. The summed E-state index contributed by atoms with van der Waals surface area (Å²) in [7, 11) is 3.14. The summed E-state index contributed by atoms with van der Waals surface area (Å²) in [6.07, 6.45) is 11.7. The molecule has 238 valence electrons. The van der Waals surface area contributed by atoms with E-state index in [1.807, 2.05) is 46.2 Å². The number of ether oxygens (including phenoxy) is 2. The summed E-state index contributed by atoms with van der Waals surface area (Å²) in [6, 6.07) is 12.4. The lowest BCUT2D eigenvalue weighted by molar-refractivity contribution is -0.124. The first-order chi connectivity index (χ1) is 21.8. The number of nitriles is 1. The van der Waals surface area contributed by atoms with E-state index in [2.05, 4.69) is 36.4 Å². The highest BCUT2D eigenvalue weighted by Gasteiger charge is 2.34. The summed E-state index contributed by atoms with van der Waals surface area (Å²) in [4.78, 5) is 32.6. The maximum Gasteiger partial charge on any atom is 0.407 e. The summed E-state index contributed by atoms with van der Waals surface area (Å²) < 4.78 is 12.7. The second-order valence-corrected chi connectivity index (χ2v) is 12.6. The molecule has 45 heavy (non-hydrogen) atoms. The fourth-order valence-corrected chi connectivity index (χ4v) is 6.67. The predicted molar refractivity (Wildman–Crippen MR) is 172 cm³/mol. The number of aromatic nitrogens is 3. The number of rotatable bonds is 9. The average molecular weight is 613 g/mol. The summed E-state index contributed by atoms with van der Waals surface area (Å²) in [6.45, 7) is 4.79. The molecule has 0 aliphatic heterocycles. The van der Waals surface area contributed by atoms with Crippen molar-refractivity contribution in [3.8, 4) is 22.9 Å². The van der Waals surface area contributed by atoms with Gasteiger partial charge >= 0.3 is 6.09 Å². The number of pyridine rings is 1. The number of nitrogens with zero attached hydrogens (tertiary/aromatic N) is 5. The van der Waals surface area contributed by atoms with Gasteiger partial charge in [-0.1, -0.05) is 6.07 Å². The first-order valence-corrected chi connectivity index (χ1v) is 16.1. The van der Waals surface area contributed by atoms with Crippen molar-refractivity contribution >= 4 is 17.8 Å². The van der Waals surface area contributed by atoms with E-state index in [-0.39, 0.29) is 24.0 Å². The molecule has 2 amide bonds. The lowest BCUT2D eigenvalue weighted by atomic mass is 9.78. The summed E-state index contributed by atoms with van der Waals surface area (Å²) in [5.74, 6) is 1.91. The Morgan fingerprint density at radius 2 is 1.82 bits per heavy atom. The second-order valence-electron chi connectivity index (χ2n) is 12.6. The zero-order valence-corrected chi connectivity index (χ0v) is 26.7. The van der Waals surface area contributed by atoms with E-state index in [0.29, 0.717) is 61.2 Å². The van der Waals surface area contributed by atoms with Crippen molar-refractivity contribution in [3.05, 3.63) is 60.0 Å². The highest BCUT2D eigenvalue weighted by molar-refractivity contribution is 5.94. The van der Waals surface area contributed by atoms with Gasteiger partial charge in [-0.25, -0.2) is 9.78 Å². The van der Waals surface area contributed by atoms with Crippen molar-refractivity contribution in [1.29, 1.82) is 5.26 Å². The van der Waals surface area contributed by atoms with E-state index < -0.39 is 6.09 Å². The topological polar surface area (TPSA) is 122 Å². The third kappa shape index (κ3) is 7.64. The number of amides is 2. The van der Waals surface area contributed by atoms with Crippen molar-refractivity contribution in [2.75, 3.05) is 25.6 Å². The normalized spacial score (nSPS) is 21.5. The molecule has 2 aliphatic carbocycles. The zero-order chi connectivity index (χ0) is 31.9. The molecule has 0 unspecified atom stereocenters. The Kier molecular flexibility index (Phi) is 10.4. The molecule has 2 saturated carbocycles. The van der Waals surface area contributed by atoms with E-state index in [1.165, 1.54) is 5.56 Å². The Bertz CT molecular complexity index is 1510. The van der Waals surface area contributed by atoms with Gasteiger partial charge in [0.1, 0.15) is 23.7 Å². The van der Waals surface area contributed by atoms with Crippen molar-refractivity contribution in [1.82, 2.24) is 20.1 Å². The summed E-state index contributed by atoms with van der Waals surface area (Å²) in [5.41, 5.74) is 3.70. The molecule has 0 spiro atoms. The molecule has 2 heterocycles. The third-order valence-electron chi connectivity index (χ3n) is 9.36. The van der Waals surface area contributed by atoms with Gasteiger partial charge in [-0.2, -0.15) is 10.4 Å². The first-order valence-electron chi connectivity index (χ1n) is 16.1. The molecule has 3 aromatic rings. The zero-order valence-electron chi connectivity index (χ0n) is 26.7. The van der Waals surface area contributed by atoms with Crippen molar-refractivity contribution in [2.24, 2.45) is 11.8 Å². The summed E-state index contributed by atoms with van der Waals surface area (Å²) in [5, 5.41) is 16.6. The molecule has 0 radical (unpaired) electrons. The minimum Gasteiger partial charge on any atom is -0.495 e. The van der Waals surface area contributed by atoms with E-state index in [4.69, 9.17) is 14.5 Å². The van der Waals surface area contributed by atoms with E-state index in [0.717, 1.165) is 36.8 Å². The molecule has 5 rings (SSSR count). The number of alkyl carbamates (subject to hydrolysis) is 1. The molecule has 10 nitrogen and oxygen atoms in total. The monoisotopic (exact) mass is 612 g/mol. The minimum absolute atomic E-state index is 0.0897. The highest BCUT2D eigenvalue weighted by atomic mass is 16.6. The minimum atomic E-state index is -0.428. The standard InChI is InChI=1S/C35H44N6O4/c1-23(2)41-22-30(20-39-41)28-15-16-38-33(18-28)40(34(42)26-9-12-31(13-10-26)45-35(43)37-3)21-24-5-7-25(8-6-24)27-11-14-32(44-4)29(17-27)19-36/h11,14-18,20,22-26,31H,5-10,12-13,21H2,1-4H3,(H,37,43)/t24?,25?,26-,31+. The van der Waals surface area contributed by atoms with Crippen molar-refractivity contribution < 1.29 is 19.1 Å². The van der Waals surface area contributed by atoms with E-state index in [1.54, 1.807) is 20.4 Å². The fourth-order valence-electron chi connectivity index (χ4n) is 6.67. The Morgan fingerprint density at radius 1 is 1.07 bits per heavy atom. The Hall–Kier alpha value is -4.39. The third-order valence-corrected chi connectivity index (χ3v) is 9.36. The molecule has 0 saturated heterocycles. The average Bonchev–Trinajstić information content (AvgIpc) is 3.58. The quantitative estimate of drug-likeness (QED) is 0.288. The Balaban J connectivity index is 1.32. The fraction of sp³-hybridized carbons (Fsp3) is 0.514. The van der Waals surface area contributed by atoms with Crippen LogP contribution in [-0.2, 0) is 9.53 Å². The second kappa shape index (κ2) is 14.6. The van der Waals surface area contributed by atoms with Crippen LogP contribution in [0.3, 0.4) is 0 Å². The molecule has 10 heteroatoms. The Morgan fingerprint density at radius 3 is 2.47 bits per heavy atom. The number of anilines is 1. The lowest BCUT2D eigenvalue weighted by Crippen LogP contribution is -2.42. The first kappa shape index (κ1) is 32.0. The van der Waals surface area contributed by atoms with Gasteiger partial charge < -0.3 is 14.8 Å². The maximum atomic E-state index is 14.2. The molecular weight excluding hydrogens is 568 g/mol. The van der Waals surface area contributed by atoms with E-state index in [9.17, 15) is 14.9 Å². The van der Waals surface area contributed by atoms with Gasteiger partial charge in [0, 0.05) is 43.5 Å². The number of carbonyl (C=O) groups excluding carboxylic acids is 2. The van der Waals surface area contributed by atoms with Gasteiger partial charge in [0.25, 0.3) is 0 Å². The van der Waals surface area contributed by atoms with Gasteiger partial charge in [-0.3, -0.25) is 14.4 Å². The van der Waals surface area contributed by atoms with Crippen molar-refractivity contribution in [2.45, 2.75) is 83.3 Å². The maximum absolute atomic E-state index is 14.2. The van der Waals surface area contributed by atoms with Crippen LogP contribution in [0.25, 0.3) is 11.1 Å². The smallest absolute Gasteiger partial charge is 0.407 e. The molecule has 2 aromatic heterocycles. The molecule has 1 aromatic carbocycles. The van der Waals surface area contributed by atoms with Gasteiger partial charge in [0.2, 0.25) is 5.91 Å². The van der Waals surface area contributed by atoms with Gasteiger partial charge in [0.15, 0.2) is 0 Å². The number of hydrogen-bond acceptors (Lipinski definition) is 7. The van der Waals surface area contributed by atoms with Crippen LogP contribution in [0.5, 0.6) is 5.75 Å². The molecule has 0 bridgehead atoms. The van der Waals surface area contributed by atoms with Gasteiger partial charge in [-0.15, -0.1) is 0 Å². The van der Waals surface area contributed by atoms with Gasteiger partial charge in [-0.05, 0) is 112 Å². The van der Waals surface area contributed by atoms with Crippen LogP contribution in [0, 0.1) is 23.2 Å². The predicted octanol–water partition coefficient (Wildman–Crippen LogP) is 6.63. The molecular formula is C35H44N6O4. The van der Waals surface area contributed by atoms with Gasteiger partial charge in [0.05, 0.1) is 18.9 Å². The molecule has 2 aliphatic rings. The highest BCUT2D eigenvalue weighted by Crippen LogP contribution is 2.39. The molecule has 1 N–H and O–H groups in total. The van der Waals surface area contributed by atoms with Crippen LogP contribution in [0.4, 0.5) is 10.6 Å². The SMILES string of the molecule is CNC(=O)O[C@H]1CC[C@@H](C(=O)N(CC2CCC(c3ccc(OC)c(C#N)c3)CC2)c2cc(-c3cnn(C(C)C)c3)ccn2)CC1. The number of methoxy groups -OCH3 is 1. The number of nitrogens with one attached hydrogen (secondary N) is 1. The summed E-state index contributed by atoms with van der Waals surface area (Å²) >= 11 is 0. The van der Waals surface area contributed by atoms with Crippen LogP contribution in [0.15, 0.2) is 48.9 Å². The molecule has 0 atom stereocenters.